The summed E-state index contributed by atoms with van der Waals surface area (Å²) in [6.45, 7) is 6.25. The first-order valence-electron chi connectivity index (χ1n) is 7.25. The molecule has 1 atom stereocenters. The van der Waals surface area contributed by atoms with Crippen LogP contribution in [0.25, 0.3) is 0 Å². The molecule has 112 valence electrons. The second-order valence-electron chi connectivity index (χ2n) is 5.51. The van der Waals surface area contributed by atoms with Crippen LogP contribution in [0.1, 0.15) is 49.8 Å². The van der Waals surface area contributed by atoms with Crippen molar-refractivity contribution in [1.82, 2.24) is 4.90 Å². The van der Waals surface area contributed by atoms with Gasteiger partial charge >= 0.3 is 0 Å². The van der Waals surface area contributed by atoms with Gasteiger partial charge < -0.3 is 0 Å². The SMILES string of the molecule is CCC(c1cc(S(=O)(=O)O)ccc1C)N1CCCCC1. The van der Waals surface area contributed by atoms with Gasteiger partial charge in [-0.2, -0.15) is 8.42 Å². The van der Waals surface area contributed by atoms with Crippen molar-refractivity contribution in [3.63, 3.8) is 0 Å². The maximum Gasteiger partial charge on any atom is 0.294 e. The van der Waals surface area contributed by atoms with Crippen molar-refractivity contribution in [2.45, 2.75) is 50.5 Å². The largest absolute Gasteiger partial charge is 0.296 e. The summed E-state index contributed by atoms with van der Waals surface area (Å²) in [7, 11) is -4.13. The van der Waals surface area contributed by atoms with Crippen LogP contribution in [0, 0.1) is 6.92 Å². The highest BCUT2D eigenvalue weighted by molar-refractivity contribution is 7.85. The molecule has 0 bridgehead atoms. The smallest absolute Gasteiger partial charge is 0.294 e. The Hall–Kier alpha value is -0.910. The lowest BCUT2D eigenvalue weighted by molar-refractivity contribution is 0.159. The lowest BCUT2D eigenvalue weighted by Crippen LogP contribution is -2.33. The molecule has 0 aliphatic carbocycles. The molecule has 1 fully saturated rings. The zero-order chi connectivity index (χ0) is 14.8. The number of hydrogen-bond acceptors (Lipinski definition) is 3. The van der Waals surface area contributed by atoms with Crippen LogP contribution in [-0.4, -0.2) is 31.0 Å². The molecule has 1 aliphatic rings. The predicted molar refractivity (Wildman–Crippen MR) is 79.4 cm³/mol. The molecule has 4 nitrogen and oxygen atoms in total. The van der Waals surface area contributed by atoms with Crippen LogP contribution in [0.3, 0.4) is 0 Å². The van der Waals surface area contributed by atoms with E-state index in [0.29, 0.717) is 0 Å². The average molecular weight is 297 g/mol. The van der Waals surface area contributed by atoms with E-state index in [2.05, 4.69) is 11.8 Å². The van der Waals surface area contributed by atoms with Crippen LogP contribution in [0.15, 0.2) is 23.1 Å². The van der Waals surface area contributed by atoms with Gasteiger partial charge in [0.05, 0.1) is 4.90 Å². The second kappa shape index (κ2) is 6.24. The molecule has 1 aromatic rings. The van der Waals surface area contributed by atoms with Crippen molar-refractivity contribution in [2.24, 2.45) is 0 Å². The van der Waals surface area contributed by atoms with Gasteiger partial charge in [-0.3, -0.25) is 9.45 Å². The molecule has 1 aromatic carbocycles. The molecule has 1 aliphatic heterocycles. The van der Waals surface area contributed by atoms with Gasteiger partial charge in [0.2, 0.25) is 0 Å². The highest BCUT2D eigenvalue weighted by atomic mass is 32.2. The number of nitrogens with zero attached hydrogens (tertiary/aromatic N) is 1. The summed E-state index contributed by atoms with van der Waals surface area (Å²) in [6, 6.07) is 5.12. The van der Waals surface area contributed by atoms with Gasteiger partial charge in [-0.15, -0.1) is 0 Å². The van der Waals surface area contributed by atoms with E-state index in [9.17, 15) is 13.0 Å². The molecule has 0 spiro atoms. The normalized spacial score (nSPS) is 18.9. The summed E-state index contributed by atoms with van der Waals surface area (Å²) in [5.41, 5.74) is 2.10. The molecule has 1 saturated heterocycles. The van der Waals surface area contributed by atoms with Crippen molar-refractivity contribution in [1.29, 1.82) is 0 Å². The molecule has 0 aromatic heterocycles. The molecule has 2 rings (SSSR count). The first-order valence-corrected chi connectivity index (χ1v) is 8.69. The number of rotatable bonds is 4. The molecule has 1 N–H and O–H groups in total. The van der Waals surface area contributed by atoms with Crippen molar-refractivity contribution >= 4 is 10.1 Å². The maximum atomic E-state index is 11.3. The van der Waals surface area contributed by atoms with E-state index < -0.39 is 10.1 Å². The van der Waals surface area contributed by atoms with E-state index >= 15 is 0 Å². The fourth-order valence-electron chi connectivity index (χ4n) is 3.04. The van der Waals surface area contributed by atoms with E-state index in [1.807, 2.05) is 6.92 Å². The number of benzene rings is 1. The van der Waals surface area contributed by atoms with Crippen molar-refractivity contribution < 1.29 is 13.0 Å². The van der Waals surface area contributed by atoms with Gasteiger partial charge in [0, 0.05) is 6.04 Å². The van der Waals surface area contributed by atoms with E-state index in [-0.39, 0.29) is 10.9 Å². The van der Waals surface area contributed by atoms with Crippen LogP contribution < -0.4 is 0 Å². The molecule has 0 amide bonds. The molecular formula is C15H23NO3S. The summed E-state index contributed by atoms with van der Waals surface area (Å²) in [5, 5.41) is 0. The lowest BCUT2D eigenvalue weighted by atomic mass is 9.96. The fraction of sp³-hybridized carbons (Fsp3) is 0.600. The van der Waals surface area contributed by atoms with Crippen LogP contribution in [0.5, 0.6) is 0 Å². The van der Waals surface area contributed by atoms with Crippen molar-refractivity contribution in [3.05, 3.63) is 29.3 Å². The Kier molecular flexibility index (Phi) is 4.83. The molecular weight excluding hydrogens is 274 g/mol. The Labute approximate surface area is 121 Å². The van der Waals surface area contributed by atoms with Crippen molar-refractivity contribution in [3.8, 4) is 0 Å². The Morgan fingerprint density at radius 3 is 2.45 bits per heavy atom. The van der Waals surface area contributed by atoms with Gasteiger partial charge in [-0.05, 0) is 62.5 Å². The second-order valence-corrected chi connectivity index (χ2v) is 6.94. The lowest BCUT2D eigenvalue weighted by Gasteiger charge is -2.35. The van der Waals surface area contributed by atoms with E-state index in [1.165, 1.54) is 25.3 Å². The molecule has 20 heavy (non-hydrogen) atoms. The van der Waals surface area contributed by atoms with Crippen LogP contribution in [0.2, 0.25) is 0 Å². The molecule has 5 heteroatoms. The maximum absolute atomic E-state index is 11.3. The average Bonchev–Trinajstić information content (AvgIpc) is 2.41. The van der Waals surface area contributed by atoms with Crippen LogP contribution in [0.4, 0.5) is 0 Å². The van der Waals surface area contributed by atoms with E-state index in [0.717, 1.165) is 30.6 Å². The number of likely N-dealkylation sites (tertiary alicyclic amines) is 1. The van der Waals surface area contributed by atoms with Crippen LogP contribution >= 0.6 is 0 Å². The third-order valence-electron chi connectivity index (χ3n) is 4.13. The standard InChI is InChI=1S/C15H23NO3S/c1-3-15(16-9-5-4-6-10-16)14-11-13(20(17,18)19)8-7-12(14)2/h7-8,11,15H,3-6,9-10H2,1-2H3,(H,17,18,19). The zero-order valence-electron chi connectivity index (χ0n) is 12.2. The highest BCUT2D eigenvalue weighted by Gasteiger charge is 2.23. The molecule has 0 saturated carbocycles. The van der Waals surface area contributed by atoms with Gasteiger partial charge in [0.25, 0.3) is 10.1 Å². The first kappa shape index (κ1) is 15.5. The molecule has 1 heterocycles. The number of hydrogen-bond donors (Lipinski definition) is 1. The fourth-order valence-corrected chi connectivity index (χ4v) is 3.56. The minimum Gasteiger partial charge on any atom is -0.296 e. The quantitative estimate of drug-likeness (QED) is 0.867. The van der Waals surface area contributed by atoms with Gasteiger partial charge in [0.15, 0.2) is 0 Å². The molecule has 0 radical (unpaired) electrons. The Morgan fingerprint density at radius 2 is 1.90 bits per heavy atom. The van der Waals surface area contributed by atoms with E-state index in [1.54, 1.807) is 12.1 Å². The third-order valence-corrected chi connectivity index (χ3v) is 4.98. The van der Waals surface area contributed by atoms with Gasteiger partial charge in [-0.25, -0.2) is 0 Å². The monoisotopic (exact) mass is 297 g/mol. The third kappa shape index (κ3) is 3.40. The first-order chi connectivity index (χ1) is 9.43. The topological polar surface area (TPSA) is 57.6 Å². The summed E-state index contributed by atoms with van der Waals surface area (Å²) < 4.78 is 31.9. The highest BCUT2D eigenvalue weighted by Crippen LogP contribution is 2.31. The summed E-state index contributed by atoms with van der Waals surface area (Å²) in [4.78, 5) is 2.42. The van der Waals surface area contributed by atoms with Gasteiger partial charge in [0.1, 0.15) is 0 Å². The predicted octanol–water partition coefficient (Wildman–Crippen LogP) is 3.18. The van der Waals surface area contributed by atoms with Crippen LogP contribution in [-0.2, 0) is 10.1 Å². The Balaban J connectivity index is 2.37. The van der Waals surface area contributed by atoms with Gasteiger partial charge in [-0.1, -0.05) is 19.4 Å². The Morgan fingerprint density at radius 1 is 1.25 bits per heavy atom. The summed E-state index contributed by atoms with van der Waals surface area (Å²) in [6.07, 6.45) is 4.62. The number of piperidine rings is 1. The Bertz CT molecular complexity index is 562. The minimum atomic E-state index is -4.13. The molecule has 1 unspecified atom stereocenters. The number of aryl methyl sites for hydroxylation is 1. The van der Waals surface area contributed by atoms with Crippen molar-refractivity contribution in [2.75, 3.05) is 13.1 Å². The minimum absolute atomic E-state index is 0.00596. The summed E-state index contributed by atoms with van der Waals surface area (Å²) >= 11 is 0. The summed E-state index contributed by atoms with van der Waals surface area (Å²) in [5.74, 6) is 0. The zero-order valence-corrected chi connectivity index (χ0v) is 13.0. The van der Waals surface area contributed by atoms with E-state index in [4.69, 9.17) is 0 Å².